The monoisotopic (exact) mass is 391 g/mol. The van der Waals surface area contributed by atoms with E-state index in [-0.39, 0.29) is 18.4 Å². The van der Waals surface area contributed by atoms with E-state index in [9.17, 15) is 9.59 Å². The zero-order valence-electron chi connectivity index (χ0n) is 16.8. The number of hydrogen-bond donors (Lipinski definition) is 1. The zero-order chi connectivity index (χ0) is 20.8. The van der Waals surface area contributed by atoms with Gasteiger partial charge in [0.05, 0.1) is 11.3 Å². The van der Waals surface area contributed by atoms with Crippen LogP contribution in [0.3, 0.4) is 0 Å². The smallest absolute Gasteiger partial charge is 0.244 e. The van der Waals surface area contributed by atoms with Crippen LogP contribution in [0.5, 0.6) is 0 Å². The maximum Gasteiger partial charge on any atom is 0.244 e. The zero-order valence-corrected chi connectivity index (χ0v) is 16.8. The van der Waals surface area contributed by atoms with E-state index in [1.807, 2.05) is 30.3 Å². The van der Waals surface area contributed by atoms with Gasteiger partial charge in [0.2, 0.25) is 11.8 Å². The number of likely N-dealkylation sites (N-methyl/N-ethyl adjacent to an activating group) is 1. The van der Waals surface area contributed by atoms with Crippen molar-refractivity contribution < 1.29 is 9.59 Å². The van der Waals surface area contributed by atoms with Gasteiger partial charge in [-0.05, 0) is 43.4 Å². The van der Waals surface area contributed by atoms with Gasteiger partial charge in [-0.3, -0.25) is 9.59 Å². The lowest BCUT2D eigenvalue weighted by Crippen LogP contribution is -2.44. The lowest BCUT2D eigenvalue weighted by Gasteiger charge is -2.34. The Morgan fingerprint density at radius 2 is 1.72 bits per heavy atom. The predicted octanol–water partition coefficient (Wildman–Crippen LogP) is 2.30. The molecule has 1 saturated heterocycles. The minimum absolute atomic E-state index is 0.122. The summed E-state index contributed by atoms with van der Waals surface area (Å²) in [4.78, 5) is 30.7. The summed E-state index contributed by atoms with van der Waals surface area (Å²) in [6.45, 7) is 5.28. The Hall–Kier alpha value is -3.37. The van der Waals surface area contributed by atoms with Crippen LogP contribution < -0.4 is 15.1 Å². The minimum Gasteiger partial charge on any atom is -0.369 e. The van der Waals surface area contributed by atoms with Crippen molar-refractivity contribution in [3.63, 3.8) is 0 Å². The first-order chi connectivity index (χ1) is 14.0. The molecule has 1 fully saturated rings. The van der Waals surface area contributed by atoms with Crippen LogP contribution in [0.15, 0.2) is 48.5 Å². The molecule has 0 saturated carbocycles. The van der Waals surface area contributed by atoms with Crippen molar-refractivity contribution in [1.82, 2.24) is 4.90 Å². The molecule has 0 atom stereocenters. The molecule has 0 aliphatic carbocycles. The van der Waals surface area contributed by atoms with Gasteiger partial charge in [-0.1, -0.05) is 12.1 Å². The van der Waals surface area contributed by atoms with E-state index in [1.165, 1.54) is 11.8 Å². The van der Waals surface area contributed by atoms with Gasteiger partial charge in [0, 0.05) is 44.5 Å². The first kappa shape index (κ1) is 20.4. The molecule has 0 aromatic heterocycles. The van der Waals surface area contributed by atoms with Crippen molar-refractivity contribution in [2.75, 3.05) is 54.9 Å². The molecule has 1 aliphatic heterocycles. The van der Waals surface area contributed by atoms with E-state index in [0.29, 0.717) is 16.9 Å². The highest BCUT2D eigenvalue weighted by Crippen LogP contribution is 2.22. The topological polar surface area (TPSA) is 79.7 Å². The van der Waals surface area contributed by atoms with Crippen LogP contribution in [0, 0.1) is 11.3 Å². The van der Waals surface area contributed by atoms with Crippen LogP contribution in [0.25, 0.3) is 0 Å². The SMILES string of the molecule is CC(=O)N(CC(=O)Nc1ccccc1C#N)c1ccc(N2CCN(C)CC2)cc1. The summed E-state index contributed by atoms with van der Waals surface area (Å²) in [5.74, 6) is -0.577. The molecule has 2 aromatic carbocycles. The van der Waals surface area contributed by atoms with Gasteiger partial charge >= 0.3 is 0 Å². The van der Waals surface area contributed by atoms with E-state index >= 15 is 0 Å². The standard InChI is InChI=1S/C22H25N5O2/c1-17(28)27(16-22(29)24-21-6-4-3-5-18(21)15-23)20-9-7-19(8-10-20)26-13-11-25(2)12-14-26/h3-10H,11-14,16H2,1-2H3,(H,24,29). The molecule has 1 N–H and O–H groups in total. The molecular formula is C22H25N5O2. The second kappa shape index (κ2) is 9.22. The maximum atomic E-state index is 12.5. The van der Waals surface area contributed by atoms with Gasteiger partial charge in [-0.15, -0.1) is 0 Å². The lowest BCUT2D eigenvalue weighted by molar-refractivity contribution is -0.120. The van der Waals surface area contributed by atoms with E-state index in [0.717, 1.165) is 31.9 Å². The van der Waals surface area contributed by atoms with Gasteiger partial charge in [0.1, 0.15) is 12.6 Å². The first-order valence-corrected chi connectivity index (χ1v) is 9.58. The van der Waals surface area contributed by atoms with Crippen molar-refractivity contribution >= 4 is 28.9 Å². The third-order valence-electron chi connectivity index (χ3n) is 5.03. The number of carbonyl (C=O) groups excluding carboxylic acids is 2. The first-order valence-electron chi connectivity index (χ1n) is 9.58. The minimum atomic E-state index is -0.356. The summed E-state index contributed by atoms with van der Waals surface area (Å²) in [6, 6.07) is 16.5. The summed E-state index contributed by atoms with van der Waals surface area (Å²) < 4.78 is 0. The fourth-order valence-electron chi connectivity index (χ4n) is 3.32. The Balaban J connectivity index is 1.68. The number of hydrogen-bond acceptors (Lipinski definition) is 5. The van der Waals surface area contributed by atoms with Crippen molar-refractivity contribution in [3.05, 3.63) is 54.1 Å². The van der Waals surface area contributed by atoms with Crippen molar-refractivity contribution in [2.45, 2.75) is 6.92 Å². The highest BCUT2D eigenvalue weighted by molar-refractivity contribution is 6.02. The number of nitrogens with one attached hydrogen (secondary N) is 1. The number of benzene rings is 2. The summed E-state index contributed by atoms with van der Waals surface area (Å²) >= 11 is 0. The lowest BCUT2D eigenvalue weighted by atomic mass is 10.2. The number of nitriles is 1. The highest BCUT2D eigenvalue weighted by Gasteiger charge is 2.18. The Kier molecular flexibility index (Phi) is 6.47. The normalized spacial score (nSPS) is 14.2. The van der Waals surface area contributed by atoms with E-state index in [4.69, 9.17) is 5.26 Å². The van der Waals surface area contributed by atoms with Crippen molar-refractivity contribution in [3.8, 4) is 6.07 Å². The fourth-order valence-corrected chi connectivity index (χ4v) is 3.32. The quantitative estimate of drug-likeness (QED) is 0.846. The molecule has 29 heavy (non-hydrogen) atoms. The van der Waals surface area contributed by atoms with Crippen LogP contribution in [-0.2, 0) is 9.59 Å². The molecule has 150 valence electrons. The van der Waals surface area contributed by atoms with Gasteiger partial charge in [-0.2, -0.15) is 5.26 Å². The number of amides is 2. The highest BCUT2D eigenvalue weighted by atomic mass is 16.2. The predicted molar refractivity (Wildman–Crippen MR) is 114 cm³/mol. The molecule has 0 radical (unpaired) electrons. The largest absolute Gasteiger partial charge is 0.369 e. The summed E-state index contributed by atoms with van der Waals surface area (Å²) in [5, 5.41) is 11.9. The number of anilines is 3. The maximum absolute atomic E-state index is 12.5. The average molecular weight is 391 g/mol. The van der Waals surface area contributed by atoms with Gasteiger partial charge in [-0.25, -0.2) is 0 Å². The van der Waals surface area contributed by atoms with Crippen LogP contribution in [0.1, 0.15) is 12.5 Å². The van der Waals surface area contributed by atoms with Crippen LogP contribution in [-0.4, -0.2) is 56.5 Å². The molecular weight excluding hydrogens is 366 g/mol. The number of rotatable bonds is 5. The van der Waals surface area contributed by atoms with Crippen LogP contribution in [0.2, 0.25) is 0 Å². The second-order valence-corrected chi connectivity index (χ2v) is 7.12. The number of nitrogens with zero attached hydrogens (tertiary/aromatic N) is 4. The molecule has 0 bridgehead atoms. The van der Waals surface area contributed by atoms with Gasteiger partial charge in [0.25, 0.3) is 0 Å². The van der Waals surface area contributed by atoms with Gasteiger partial charge in [0.15, 0.2) is 0 Å². The number of piperazine rings is 1. The molecule has 2 aromatic rings. The van der Waals surface area contributed by atoms with E-state index < -0.39 is 0 Å². The Morgan fingerprint density at radius 3 is 2.34 bits per heavy atom. The molecule has 7 nitrogen and oxygen atoms in total. The van der Waals surface area contributed by atoms with Crippen molar-refractivity contribution in [1.29, 1.82) is 5.26 Å². The van der Waals surface area contributed by atoms with Crippen LogP contribution >= 0.6 is 0 Å². The molecule has 0 unspecified atom stereocenters. The van der Waals surface area contributed by atoms with Gasteiger partial charge < -0.3 is 20.0 Å². The average Bonchev–Trinajstić information content (AvgIpc) is 2.73. The molecule has 7 heteroatoms. The molecule has 2 amide bonds. The number of para-hydroxylation sites is 1. The third-order valence-corrected chi connectivity index (χ3v) is 5.03. The third kappa shape index (κ3) is 5.12. The summed E-state index contributed by atoms with van der Waals surface area (Å²) in [5.41, 5.74) is 2.59. The number of carbonyl (C=O) groups is 2. The Morgan fingerprint density at radius 1 is 1.07 bits per heavy atom. The Labute approximate surface area is 171 Å². The summed E-state index contributed by atoms with van der Waals surface area (Å²) in [6.07, 6.45) is 0. The molecule has 1 heterocycles. The molecule has 3 rings (SSSR count). The Bertz CT molecular complexity index is 912. The van der Waals surface area contributed by atoms with E-state index in [2.05, 4.69) is 22.2 Å². The second-order valence-electron chi connectivity index (χ2n) is 7.12. The molecule has 1 aliphatic rings. The van der Waals surface area contributed by atoms with Crippen molar-refractivity contribution in [2.24, 2.45) is 0 Å². The van der Waals surface area contributed by atoms with E-state index in [1.54, 1.807) is 24.3 Å². The van der Waals surface area contributed by atoms with Crippen LogP contribution in [0.4, 0.5) is 17.1 Å². The summed E-state index contributed by atoms with van der Waals surface area (Å²) in [7, 11) is 2.12. The molecule has 0 spiro atoms. The fraction of sp³-hybridized carbons (Fsp3) is 0.318.